The average Bonchev–Trinajstić information content (AvgIpc) is 2.72. The van der Waals surface area contributed by atoms with Gasteiger partial charge in [-0.1, -0.05) is 18.0 Å². The fourth-order valence-electron chi connectivity index (χ4n) is 4.01. The van der Waals surface area contributed by atoms with Crippen molar-refractivity contribution in [3.05, 3.63) is 51.9 Å². The Morgan fingerprint density at radius 1 is 1.28 bits per heavy atom. The number of aromatic nitrogens is 3. The average molecular weight is 417 g/mol. The van der Waals surface area contributed by atoms with Gasteiger partial charge in [-0.3, -0.25) is 4.79 Å². The molecule has 6 nitrogen and oxygen atoms in total. The first-order valence-corrected chi connectivity index (χ1v) is 9.98. The molecule has 3 aromatic rings. The predicted octanol–water partition coefficient (Wildman–Crippen LogP) is 3.78. The van der Waals surface area contributed by atoms with Crippen molar-refractivity contribution in [2.24, 2.45) is 11.7 Å². The predicted molar refractivity (Wildman–Crippen MR) is 111 cm³/mol. The zero-order valence-electron chi connectivity index (χ0n) is 16.1. The number of halogens is 2. The number of hydrogen-bond acceptors (Lipinski definition) is 5. The number of pyridine rings is 1. The van der Waals surface area contributed by atoms with E-state index in [1.807, 2.05) is 0 Å². The smallest absolute Gasteiger partial charge is 0.258 e. The Morgan fingerprint density at radius 3 is 2.72 bits per heavy atom. The van der Waals surface area contributed by atoms with Crippen LogP contribution in [-0.4, -0.2) is 27.7 Å². The minimum Gasteiger partial charge on any atom is -0.494 e. The quantitative estimate of drug-likeness (QED) is 0.699. The summed E-state index contributed by atoms with van der Waals surface area (Å²) < 4.78 is 21.4. The molecule has 0 unspecified atom stereocenters. The van der Waals surface area contributed by atoms with Gasteiger partial charge in [-0.25, -0.2) is 14.4 Å². The Balaban J connectivity index is 1.74. The van der Waals surface area contributed by atoms with Gasteiger partial charge in [0.2, 0.25) is 0 Å². The van der Waals surface area contributed by atoms with Crippen LogP contribution in [-0.2, 0) is 6.54 Å². The van der Waals surface area contributed by atoms with Crippen LogP contribution >= 0.6 is 11.6 Å². The summed E-state index contributed by atoms with van der Waals surface area (Å²) in [6.07, 6.45) is 8.53. The molecular weight excluding hydrogens is 395 g/mol. The van der Waals surface area contributed by atoms with Crippen LogP contribution in [0.4, 0.5) is 4.39 Å². The Hall–Kier alpha value is -2.51. The molecule has 2 heterocycles. The second kappa shape index (κ2) is 8.08. The maximum Gasteiger partial charge on any atom is 0.258 e. The van der Waals surface area contributed by atoms with E-state index in [0.29, 0.717) is 28.6 Å². The van der Waals surface area contributed by atoms with Crippen molar-refractivity contribution < 1.29 is 9.13 Å². The van der Waals surface area contributed by atoms with Crippen LogP contribution in [0.1, 0.15) is 25.7 Å². The molecule has 0 bridgehead atoms. The van der Waals surface area contributed by atoms with E-state index in [2.05, 4.69) is 9.97 Å². The van der Waals surface area contributed by atoms with Crippen molar-refractivity contribution >= 4 is 22.4 Å². The zero-order valence-corrected chi connectivity index (χ0v) is 16.8. The number of rotatable bonds is 4. The number of fused-ring (bicyclic) bond motifs is 1. The molecule has 0 spiro atoms. The third-order valence-electron chi connectivity index (χ3n) is 5.51. The largest absolute Gasteiger partial charge is 0.494 e. The van der Waals surface area contributed by atoms with E-state index in [1.165, 1.54) is 31.6 Å². The fraction of sp³-hybridized carbons (Fsp3) is 0.381. The molecule has 4 rings (SSSR count). The van der Waals surface area contributed by atoms with Gasteiger partial charge in [0.05, 0.1) is 35.5 Å². The summed E-state index contributed by atoms with van der Waals surface area (Å²) >= 11 is 6.47. The molecule has 1 aliphatic rings. The molecule has 2 atom stereocenters. The minimum atomic E-state index is -0.576. The van der Waals surface area contributed by atoms with E-state index in [4.69, 9.17) is 22.1 Å². The van der Waals surface area contributed by atoms with E-state index < -0.39 is 5.82 Å². The monoisotopic (exact) mass is 416 g/mol. The molecule has 1 aromatic carbocycles. The minimum absolute atomic E-state index is 0.171. The van der Waals surface area contributed by atoms with Crippen molar-refractivity contribution in [3.8, 4) is 17.1 Å². The summed E-state index contributed by atoms with van der Waals surface area (Å²) in [4.78, 5) is 21.2. The summed E-state index contributed by atoms with van der Waals surface area (Å²) in [7, 11) is 1.50. The van der Waals surface area contributed by atoms with Crippen LogP contribution in [0, 0.1) is 11.7 Å². The second-order valence-electron chi connectivity index (χ2n) is 7.55. The number of nitrogens with two attached hydrogens (primary N) is 1. The molecule has 29 heavy (non-hydrogen) atoms. The standard InChI is InChI=1S/C21H22ClFN4O2/c1-29-14-8-25-20(26-9-14)17-6-15-16(7-19(17)23)21(28)27(11-18(15)22)10-12-3-2-4-13(24)5-12/h6-9,11-13H,2-5,10,24H2,1H3/t12-,13+/m1/s1. The topological polar surface area (TPSA) is 83.0 Å². The van der Waals surface area contributed by atoms with E-state index >= 15 is 0 Å². The van der Waals surface area contributed by atoms with Gasteiger partial charge in [0.1, 0.15) is 5.82 Å². The molecule has 0 amide bonds. The van der Waals surface area contributed by atoms with Gasteiger partial charge in [0, 0.05) is 24.2 Å². The van der Waals surface area contributed by atoms with Gasteiger partial charge in [-0.05, 0) is 37.3 Å². The number of nitrogens with zero attached hydrogens (tertiary/aromatic N) is 3. The van der Waals surface area contributed by atoms with Crippen molar-refractivity contribution in [2.75, 3.05) is 7.11 Å². The van der Waals surface area contributed by atoms with Crippen LogP contribution in [0.3, 0.4) is 0 Å². The van der Waals surface area contributed by atoms with Gasteiger partial charge >= 0.3 is 0 Å². The van der Waals surface area contributed by atoms with Gasteiger partial charge in [0.15, 0.2) is 11.6 Å². The second-order valence-corrected chi connectivity index (χ2v) is 7.96. The van der Waals surface area contributed by atoms with Gasteiger partial charge in [-0.2, -0.15) is 0 Å². The molecule has 0 radical (unpaired) electrons. The molecule has 2 N–H and O–H groups in total. The van der Waals surface area contributed by atoms with Gasteiger partial charge in [0.25, 0.3) is 5.56 Å². The lowest BCUT2D eigenvalue weighted by Crippen LogP contribution is -2.32. The van der Waals surface area contributed by atoms with Crippen molar-refractivity contribution in [2.45, 2.75) is 38.3 Å². The van der Waals surface area contributed by atoms with Crippen LogP contribution in [0.5, 0.6) is 5.75 Å². The van der Waals surface area contributed by atoms with E-state index in [9.17, 15) is 9.18 Å². The Bertz CT molecular complexity index is 1100. The van der Waals surface area contributed by atoms with Crippen molar-refractivity contribution in [3.63, 3.8) is 0 Å². The molecule has 1 aliphatic carbocycles. The summed E-state index contributed by atoms with van der Waals surface area (Å²) in [6, 6.07) is 2.91. The lowest BCUT2D eigenvalue weighted by atomic mass is 9.86. The fourth-order valence-corrected chi connectivity index (χ4v) is 4.29. The van der Waals surface area contributed by atoms with Crippen molar-refractivity contribution in [1.82, 2.24) is 14.5 Å². The first kappa shape index (κ1) is 19.8. The first-order chi connectivity index (χ1) is 14.0. The normalized spacial score (nSPS) is 19.4. The van der Waals surface area contributed by atoms with Crippen molar-refractivity contribution in [1.29, 1.82) is 0 Å². The van der Waals surface area contributed by atoms with E-state index in [1.54, 1.807) is 10.8 Å². The van der Waals surface area contributed by atoms with Crippen LogP contribution < -0.4 is 16.0 Å². The maximum absolute atomic E-state index is 14.8. The van der Waals surface area contributed by atoms with Crippen LogP contribution in [0.2, 0.25) is 5.02 Å². The highest BCUT2D eigenvalue weighted by Crippen LogP contribution is 2.30. The molecule has 1 fully saturated rings. The van der Waals surface area contributed by atoms with E-state index in [0.717, 1.165) is 25.7 Å². The van der Waals surface area contributed by atoms with E-state index in [-0.39, 0.29) is 28.4 Å². The summed E-state index contributed by atoms with van der Waals surface area (Å²) in [6.45, 7) is 0.535. The number of methoxy groups -OCH3 is 1. The number of benzene rings is 1. The molecule has 8 heteroatoms. The highest BCUT2D eigenvalue weighted by Gasteiger charge is 2.21. The van der Waals surface area contributed by atoms with Gasteiger partial charge in [-0.15, -0.1) is 0 Å². The lowest BCUT2D eigenvalue weighted by molar-refractivity contribution is 0.288. The molecule has 2 aromatic heterocycles. The lowest BCUT2D eigenvalue weighted by Gasteiger charge is -2.27. The third kappa shape index (κ3) is 3.97. The number of hydrogen-bond donors (Lipinski definition) is 1. The molecule has 0 aliphatic heterocycles. The molecular formula is C21H22ClFN4O2. The van der Waals surface area contributed by atoms with Gasteiger partial charge < -0.3 is 15.0 Å². The first-order valence-electron chi connectivity index (χ1n) is 9.60. The molecule has 152 valence electrons. The highest BCUT2D eigenvalue weighted by atomic mass is 35.5. The summed E-state index contributed by atoms with van der Waals surface area (Å²) in [5, 5.41) is 1.10. The number of ether oxygens (including phenoxy) is 1. The molecule has 1 saturated carbocycles. The molecule has 0 saturated heterocycles. The Morgan fingerprint density at radius 2 is 2.03 bits per heavy atom. The summed E-state index contributed by atoms with van der Waals surface area (Å²) in [5.41, 5.74) is 5.98. The zero-order chi connectivity index (χ0) is 20.5. The van der Waals surface area contributed by atoms with Crippen LogP contribution in [0.15, 0.2) is 35.5 Å². The Labute approximate surface area is 172 Å². The third-order valence-corrected chi connectivity index (χ3v) is 5.81. The maximum atomic E-state index is 14.8. The highest BCUT2D eigenvalue weighted by molar-refractivity contribution is 6.35. The SMILES string of the molecule is COc1cnc(-c2cc3c(Cl)cn(C[C@@H]4CCC[C@H](N)C4)c(=O)c3cc2F)nc1. The summed E-state index contributed by atoms with van der Waals surface area (Å²) in [5.74, 6) is 0.412. The Kier molecular flexibility index (Phi) is 5.52. The van der Waals surface area contributed by atoms with Crippen LogP contribution in [0.25, 0.3) is 22.2 Å².